The van der Waals surface area contributed by atoms with Crippen LogP contribution >= 0.6 is 11.7 Å². The molecule has 0 atom stereocenters. The van der Waals surface area contributed by atoms with Crippen LogP contribution in [0, 0.1) is 0 Å². The Morgan fingerprint density at radius 3 is 2.33 bits per heavy atom. The molecule has 4 rings (SSSR count). The third kappa shape index (κ3) is 2.53. The fourth-order valence-corrected chi connectivity index (χ4v) is 4.84. The second-order valence-corrected chi connectivity index (χ2v) is 8.47. The summed E-state index contributed by atoms with van der Waals surface area (Å²) in [5, 5.41) is 0. The minimum absolute atomic E-state index is 0.0894. The molecule has 3 heteroatoms. The molecule has 0 N–H and O–H groups in total. The first-order valence-corrected chi connectivity index (χ1v) is 10.0. The SMILES string of the molecule is C=CC1=C(C=C)C(C)(C)c2cc(-c3ccc(C(C)C)c4nsnc34)ccc21. The van der Waals surface area contributed by atoms with Gasteiger partial charge in [0.1, 0.15) is 11.0 Å². The Kier molecular flexibility index (Phi) is 4.15. The number of hydrogen-bond donors (Lipinski definition) is 0. The van der Waals surface area contributed by atoms with E-state index in [1.165, 1.54) is 45.1 Å². The average Bonchev–Trinajstić information content (AvgIpc) is 3.21. The molecule has 1 aliphatic carbocycles. The van der Waals surface area contributed by atoms with Gasteiger partial charge in [-0.1, -0.05) is 77.3 Å². The smallest absolute Gasteiger partial charge is 0.112 e. The van der Waals surface area contributed by atoms with Crippen LogP contribution in [0.25, 0.3) is 27.7 Å². The standard InChI is InChI=1S/C24H24N2S/c1-7-16-19-10-9-15(13-21(19)24(5,6)20(16)8-2)18-12-11-17(14(3)4)22-23(18)26-27-25-22/h7-14H,1-2H2,3-6H3. The highest BCUT2D eigenvalue weighted by molar-refractivity contribution is 7.00. The number of aromatic nitrogens is 2. The van der Waals surface area contributed by atoms with E-state index in [4.69, 9.17) is 0 Å². The van der Waals surface area contributed by atoms with Gasteiger partial charge in [0, 0.05) is 11.0 Å². The first kappa shape index (κ1) is 17.9. The second kappa shape index (κ2) is 6.28. The van der Waals surface area contributed by atoms with Gasteiger partial charge in [-0.3, -0.25) is 0 Å². The normalized spacial score (nSPS) is 15.4. The topological polar surface area (TPSA) is 25.8 Å². The van der Waals surface area contributed by atoms with Crippen molar-refractivity contribution in [1.29, 1.82) is 0 Å². The largest absolute Gasteiger partial charge is 0.173 e. The summed E-state index contributed by atoms with van der Waals surface area (Å²) in [5.41, 5.74) is 10.5. The summed E-state index contributed by atoms with van der Waals surface area (Å²) >= 11 is 1.29. The minimum Gasteiger partial charge on any atom is -0.173 e. The maximum Gasteiger partial charge on any atom is 0.112 e. The van der Waals surface area contributed by atoms with Crippen LogP contribution in [0.5, 0.6) is 0 Å². The van der Waals surface area contributed by atoms with Gasteiger partial charge >= 0.3 is 0 Å². The third-order valence-corrected chi connectivity index (χ3v) is 6.26. The molecular weight excluding hydrogens is 348 g/mol. The molecule has 0 spiro atoms. The van der Waals surface area contributed by atoms with E-state index in [2.05, 4.69) is 79.9 Å². The van der Waals surface area contributed by atoms with Crippen LogP contribution < -0.4 is 0 Å². The lowest BCUT2D eigenvalue weighted by molar-refractivity contribution is 0.655. The fourth-order valence-electron chi connectivity index (χ4n) is 4.26. The average molecular weight is 373 g/mol. The van der Waals surface area contributed by atoms with Crippen molar-refractivity contribution in [3.63, 3.8) is 0 Å². The molecule has 0 amide bonds. The van der Waals surface area contributed by atoms with Crippen molar-refractivity contribution in [1.82, 2.24) is 8.75 Å². The van der Waals surface area contributed by atoms with Gasteiger partial charge in [0.2, 0.25) is 0 Å². The molecule has 2 nitrogen and oxygen atoms in total. The molecule has 27 heavy (non-hydrogen) atoms. The van der Waals surface area contributed by atoms with Crippen LogP contribution in [-0.4, -0.2) is 8.75 Å². The van der Waals surface area contributed by atoms with Crippen LogP contribution in [0.2, 0.25) is 0 Å². The Morgan fingerprint density at radius 2 is 1.67 bits per heavy atom. The first-order chi connectivity index (χ1) is 12.9. The van der Waals surface area contributed by atoms with Crippen LogP contribution in [-0.2, 0) is 5.41 Å². The maximum atomic E-state index is 4.62. The molecule has 0 fully saturated rings. The summed E-state index contributed by atoms with van der Waals surface area (Å²) in [7, 11) is 0. The number of fused-ring (bicyclic) bond motifs is 2. The number of benzene rings is 2. The van der Waals surface area contributed by atoms with E-state index >= 15 is 0 Å². The van der Waals surface area contributed by atoms with E-state index < -0.39 is 0 Å². The Morgan fingerprint density at radius 1 is 0.963 bits per heavy atom. The van der Waals surface area contributed by atoms with Crippen molar-refractivity contribution in [2.45, 2.75) is 39.0 Å². The van der Waals surface area contributed by atoms with Crippen molar-refractivity contribution in [3.8, 4) is 11.1 Å². The molecule has 0 radical (unpaired) electrons. The highest BCUT2D eigenvalue weighted by Crippen LogP contribution is 2.48. The molecule has 0 bridgehead atoms. The number of allylic oxidation sites excluding steroid dienone is 4. The summed E-state index contributed by atoms with van der Waals surface area (Å²) < 4.78 is 9.19. The molecule has 1 aliphatic rings. The van der Waals surface area contributed by atoms with Gasteiger partial charge in [0.25, 0.3) is 0 Å². The fraction of sp³-hybridized carbons (Fsp3) is 0.250. The van der Waals surface area contributed by atoms with Gasteiger partial charge in [-0.2, -0.15) is 8.75 Å². The lowest BCUT2D eigenvalue weighted by atomic mass is 9.80. The molecule has 1 aromatic heterocycles. The molecule has 2 aromatic carbocycles. The monoisotopic (exact) mass is 372 g/mol. The predicted molar refractivity (Wildman–Crippen MR) is 117 cm³/mol. The molecule has 0 saturated heterocycles. The summed E-state index contributed by atoms with van der Waals surface area (Å²) in [6.07, 6.45) is 3.92. The summed E-state index contributed by atoms with van der Waals surface area (Å²) in [6, 6.07) is 11.1. The van der Waals surface area contributed by atoms with Gasteiger partial charge in [0.15, 0.2) is 0 Å². The van der Waals surface area contributed by atoms with E-state index in [1.54, 1.807) is 0 Å². The number of nitrogens with zero attached hydrogens (tertiary/aromatic N) is 2. The molecule has 0 saturated carbocycles. The van der Waals surface area contributed by atoms with Crippen molar-refractivity contribution in [2.75, 3.05) is 0 Å². The summed E-state index contributed by atoms with van der Waals surface area (Å²) in [5.74, 6) is 0.430. The quantitative estimate of drug-likeness (QED) is 0.498. The van der Waals surface area contributed by atoms with Crippen LogP contribution in [0.1, 0.15) is 50.3 Å². The van der Waals surface area contributed by atoms with E-state index in [0.717, 1.165) is 16.6 Å². The van der Waals surface area contributed by atoms with E-state index in [9.17, 15) is 0 Å². The molecule has 0 unspecified atom stereocenters. The van der Waals surface area contributed by atoms with Gasteiger partial charge in [-0.25, -0.2) is 0 Å². The van der Waals surface area contributed by atoms with Crippen molar-refractivity contribution in [3.05, 3.63) is 77.9 Å². The summed E-state index contributed by atoms with van der Waals surface area (Å²) in [6.45, 7) is 17.0. The Hall–Kier alpha value is -2.52. The number of rotatable bonds is 4. The molecule has 136 valence electrons. The van der Waals surface area contributed by atoms with E-state index in [0.29, 0.717) is 5.92 Å². The van der Waals surface area contributed by atoms with Crippen molar-refractivity contribution < 1.29 is 0 Å². The number of hydrogen-bond acceptors (Lipinski definition) is 3. The zero-order valence-corrected chi connectivity index (χ0v) is 17.2. The zero-order valence-electron chi connectivity index (χ0n) is 16.3. The van der Waals surface area contributed by atoms with E-state index in [1.807, 2.05) is 12.2 Å². The minimum atomic E-state index is -0.0894. The van der Waals surface area contributed by atoms with E-state index in [-0.39, 0.29) is 5.41 Å². The maximum absolute atomic E-state index is 4.62. The van der Waals surface area contributed by atoms with Crippen LogP contribution in [0.4, 0.5) is 0 Å². The Bertz CT molecular complexity index is 1110. The predicted octanol–water partition coefficient (Wildman–Crippen LogP) is 6.90. The second-order valence-electron chi connectivity index (χ2n) is 7.94. The lowest BCUT2D eigenvalue weighted by Crippen LogP contribution is -2.16. The van der Waals surface area contributed by atoms with Gasteiger partial charge in [-0.05, 0) is 45.4 Å². The molecular formula is C24H24N2S. The first-order valence-electron chi connectivity index (χ1n) is 9.30. The van der Waals surface area contributed by atoms with Crippen molar-refractivity contribution >= 4 is 28.3 Å². The molecule has 3 aromatic rings. The highest BCUT2D eigenvalue weighted by Gasteiger charge is 2.35. The lowest BCUT2D eigenvalue weighted by Gasteiger charge is -2.23. The van der Waals surface area contributed by atoms with Crippen LogP contribution in [0.3, 0.4) is 0 Å². The highest BCUT2D eigenvalue weighted by atomic mass is 32.1. The van der Waals surface area contributed by atoms with Gasteiger partial charge in [-0.15, -0.1) is 0 Å². The Labute approximate surface area is 165 Å². The molecule has 0 aliphatic heterocycles. The van der Waals surface area contributed by atoms with Crippen LogP contribution in [0.15, 0.2) is 61.2 Å². The van der Waals surface area contributed by atoms with Gasteiger partial charge < -0.3 is 0 Å². The zero-order chi connectivity index (χ0) is 19.3. The molecule has 1 heterocycles. The Balaban J connectivity index is 1.93. The summed E-state index contributed by atoms with van der Waals surface area (Å²) in [4.78, 5) is 0. The van der Waals surface area contributed by atoms with Gasteiger partial charge in [0.05, 0.1) is 11.7 Å². The third-order valence-electron chi connectivity index (χ3n) is 5.73. The van der Waals surface area contributed by atoms with Crippen molar-refractivity contribution in [2.24, 2.45) is 0 Å².